The van der Waals surface area contributed by atoms with E-state index in [4.69, 9.17) is 23.7 Å². The van der Waals surface area contributed by atoms with Crippen molar-refractivity contribution in [3.8, 4) is 0 Å². The van der Waals surface area contributed by atoms with E-state index >= 15 is 0 Å². The van der Waals surface area contributed by atoms with Crippen LogP contribution >= 0.6 is 0 Å². The highest BCUT2D eigenvalue weighted by Crippen LogP contribution is 2.29. The Morgan fingerprint density at radius 1 is 1.22 bits per heavy atom. The van der Waals surface area contributed by atoms with Gasteiger partial charge in [-0.15, -0.1) is 0 Å². The van der Waals surface area contributed by atoms with Crippen molar-refractivity contribution in [2.75, 3.05) is 41.2 Å². The van der Waals surface area contributed by atoms with Gasteiger partial charge < -0.3 is 23.7 Å². The van der Waals surface area contributed by atoms with E-state index in [1.54, 1.807) is 7.11 Å². The maximum Gasteiger partial charge on any atom is 0.171 e. The molecule has 0 saturated carbocycles. The van der Waals surface area contributed by atoms with Gasteiger partial charge in [0.25, 0.3) is 0 Å². The van der Waals surface area contributed by atoms with E-state index in [2.05, 4.69) is 0 Å². The van der Waals surface area contributed by atoms with E-state index < -0.39 is 24.1 Å². The second kappa shape index (κ2) is 7.68. The molecule has 3 atom stereocenters. The summed E-state index contributed by atoms with van der Waals surface area (Å²) in [6.45, 7) is 2.69. The number of ether oxygens (including phenoxy) is 5. The van der Waals surface area contributed by atoms with Crippen LogP contribution in [0, 0.1) is 0 Å². The molecule has 0 spiro atoms. The molecule has 0 bridgehead atoms. The van der Waals surface area contributed by atoms with Crippen LogP contribution in [0.4, 0.5) is 4.39 Å². The van der Waals surface area contributed by atoms with Gasteiger partial charge in [0, 0.05) is 27.9 Å². The standard InChI is InChI=1S/C12H21FO5/c1-5-17-7-8-10(13)12(16-4)11(15-3)9(18-8)6-14-2/h9,11-12H,5-7H2,1-4H3/t9-,11-,12-/m1/s1. The Balaban J connectivity index is 2.88. The zero-order valence-electron chi connectivity index (χ0n) is 11.3. The van der Waals surface area contributed by atoms with Crippen molar-refractivity contribution in [2.45, 2.75) is 25.2 Å². The predicted octanol–water partition coefficient (Wildman–Crippen LogP) is 1.28. The van der Waals surface area contributed by atoms with Crippen LogP contribution in [-0.4, -0.2) is 59.5 Å². The van der Waals surface area contributed by atoms with Gasteiger partial charge in [0.2, 0.25) is 0 Å². The lowest BCUT2D eigenvalue weighted by atomic mass is 10.0. The highest BCUT2D eigenvalue weighted by atomic mass is 19.1. The first-order valence-corrected chi connectivity index (χ1v) is 5.87. The molecule has 0 saturated heterocycles. The van der Waals surface area contributed by atoms with Crippen molar-refractivity contribution < 1.29 is 28.1 Å². The van der Waals surface area contributed by atoms with E-state index in [9.17, 15) is 4.39 Å². The van der Waals surface area contributed by atoms with Gasteiger partial charge in [-0.2, -0.15) is 0 Å². The molecule has 5 nitrogen and oxygen atoms in total. The third kappa shape index (κ3) is 3.41. The molecule has 0 fully saturated rings. The van der Waals surface area contributed by atoms with Crippen LogP contribution in [0.25, 0.3) is 0 Å². The Bertz CT molecular complexity index is 282. The van der Waals surface area contributed by atoms with Crippen molar-refractivity contribution in [2.24, 2.45) is 0 Å². The Hall–Kier alpha value is -0.690. The number of rotatable bonds is 7. The summed E-state index contributed by atoms with van der Waals surface area (Å²) in [5, 5.41) is 0. The fraction of sp³-hybridized carbons (Fsp3) is 0.833. The summed E-state index contributed by atoms with van der Waals surface area (Å²) in [5.41, 5.74) is 0. The van der Waals surface area contributed by atoms with Gasteiger partial charge in [0.15, 0.2) is 17.7 Å². The average Bonchev–Trinajstić information content (AvgIpc) is 2.38. The summed E-state index contributed by atoms with van der Waals surface area (Å²) in [5.74, 6) is -0.329. The smallest absolute Gasteiger partial charge is 0.171 e. The fourth-order valence-corrected chi connectivity index (χ4v) is 1.91. The molecule has 0 unspecified atom stereocenters. The number of hydrogen-bond donors (Lipinski definition) is 0. The molecule has 0 aromatic rings. The van der Waals surface area contributed by atoms with Crippen molar-refractivity contribution in [3.05, 3.63) is 11.6 Å². The highest BCUT2D eigenvalue weighted by Gasteiger charge is 2.41. The minimum Gasteiger partial charge on any atom is -0.484 e. The second-order valence-corrected chi connectivity index (χ2v) is 3.88. The lowest BCUT2D eigenvalue weighted by Crippen LogP contribution is -2.48. The van der Waals surface area contributed by atoms with Gasteiger partial charge in [-0.25, -0.2) is 4.39 Å². The topological polar surface area (TPSA) is 46.2 Å². The third-order valence-corrected chi connectivity index (χ3v) is 2.77. The van der Waals surface area contributed by atoms with Gasteiger partial charge in [0.1, 0.15) is 18.8 Å². The molecule has 0 aliphatic carbocycles. The molecule has 1 aliphatic heterocycles. The summed E-state index contributed by atoms with van der Waals surface area (Å²) in [4.78, 5) is 0. The van der Waals surface area contributed by atoms with Crippen LogP contribution in [0.2, 0.25) is 0 Å². The summed E-state index contributed by atoms with van der Waals surface area (Å²) in [6.07, 6.45) is -1.75. The van der Waals surface area contributed by atoms with Crippen LogP contribution in [0.3, 0.4) is 0 Å². The third-order valence-electron chi connectivity index (χ3n) is 2.77. The summed E-state index contributed by atoms with van der Waals surface area (Å²) in [6, 6.07) is 0. The first kappa shape index (κ1) is 15.4. The zero-order valence-corrected chi connectivity index (χ0v) is 11.3. The first-order valence-electron chi connectivity index (χ1n) is 5.87. The minimum absolute atomic E-state index is 0.0822. The Morgan fingerprint density at radius 3 is 2.44 bits per heavy atom. The van der Waals surface area contributed by atoms with Crippen LogP contribution < -0.4 is 0 Å². The Labute approximate surface area is 107 Å². The molecule has 1 rings (SSSR count). The fourth-order valence-electron chi connectivity index (χ4n) is 1.91. The molecule has 0 amide bonds. The highest BCUT2D eigenvalue weighted by molar-refractivity contribution is 5.14. The lowest BCUT2D eigenvalue weighted by molar-refractivity contribution is -0.139. The Morgan fingerprint density at radius 2 is 1.94 bits per heavy atom. The van der Waals surface area contributed by atoms with Crippen LogP contribution in [0.1, 0.15) is 6.92 Å². The molecule has 6 heteroatoms. The molecular formula is C12H21FO5. The SMILES string of the molecule is CCOCC1=C(F)[C@@H](OC)[C@H](OC)[C@@H](COC)O1. The number of halogens is 1. The van der Waals surface area contributed by atoms with Gasteiger partial charge in [-0.05, 0) is 6.92 Å². The summed E-state index contributed by atoms with van der Waals surface area (Å²) in [7, 11) is 4.47. The molecule has 0 N–H and O–H groups in total. The maximum absolute atomic E-state index is 14.1. The molecule has 1 aliphatic rings. The average molecular weight is 264 g/mol. The van der Waals surface area contributed by atoms with Gasteiger partial charge in [-0.3, -0.25) is 0 Å². The molecule has 18 heavy (non-hydrogen) atoms. The molecule has 1 heterocycles. The van der Waals surface area contributed by atoms with Gasteiger partial charge in [-0.1, -0.05) is 0 Å². The molecular weight excluding hydrogens is 243 g/mol. The van der Waals surface area contributed by atoms with Crippen molar-refractivity contribution >= 4 is 0 Å². The van der Waals surface area contributed by atoms with Crippen molar-refractivity contribution in [3.63, 3.8) is 0 Å². The quantitative estimate of drug-likeness (QED) is 0.693. The van der Waals surface area contributed by atoms with E-state index in [1.807, 2.05) is 6.92 Å². The second-order valence-electron chi connectivity index (χ2n) is 3.88. The van der Waals surface area contributed by atoms with Crippen molar-refractivity contribution in [1.29, 1.82) is 0 Å². The summed E-state index contributed by atoms with van der Waals surface area (Å²) >= 11 is 0. The van der Waals surface area contributed by atoms with Crippen LogP contribution in [0.15, 0.2) is 11.6 Å². The normalized spacial score (nSPS) is 28.4. The van der Waals surface area contributed by atoms with E-state index in [0.29, 0.717) is 13.2 Å². The lowest BCUT2D eigenvalue weighted by Gasteiger charge is -2.36. The van der Waals surface area contributed by atoms with Crippen LogP contribution in [0.5, 0.6) is 0 Å². The number of hydrogen-bond acceptors (Lipinski definition) is 5. The molecule has 106 valence electrons. The predicted molar refractivity (Wildman–Crippen MR) is 63.0 cm³/mol. The molecule has 0 radical (unpaired) electrons. The largest absolute Gasteiger partial charge is 0.484 e. The first-order chi connectivity index (χ1) is 8.69. The molecule has 0 aromatic heterocycles. The van der Waals surface area contributed by atoms with Gasteiger partial charge in [0.05, 0.1) is 6.61 Å². The van der Waals surface area contributed by atoms with Crippen molar-refractivity contribution in [1.82, 2.24) is 0 Å². The van der Waals surface area contributed by atoms with E-state index in [0.717, 1.165) is 0 Å². The Kier molecular flexibility index (Phi) is 6.56. The zero-order chi connectivity index (χ0) is 13.5. The molecule has 0 aromatic carbocycles. The minimum atomic E-state index is -0.792. The van der Waals surface area contributed by atoms with E-state index in [1.165, 1.54) is 14.2 Å². The summed E-state index contributed by atoms with van der Waals surface area (Å²) < 4.78 is 40.2. The van der Waals surface area contributed by atoms with Crippen LogP contribution in [-0.2, 0) is 23.7 Å². The maximum atomic E-state index is 14.1. The monoisotopic (exact) mass is 264 g/mol. The number of methoxy groups -OCH3 is 3. The van der Waals surface area contributed by atoms with E-state index in [-0.39, 0.29) is 12.4 Å². The van der Waals surface area contributed by atoms with Gasteiger partial charge >= 0.3 is 0 Å².